The maximum atomic E-state index is 12.9. The van der Waals surface area contributed by atoms with Crippen LogP contribution in [0.2, 0.25) is 0 Å². The van der Waals surface area contributed by atoms with Crippen LogP contribution >= 0.6 is 0 Å². The molecule has 0 bridgehead atoms. The van der Waals surface area contributed by atoms with E-state index in [4.69, 9.17) is 4.74 Å². The Balaban J connectivity index is 1.50. The van der Waals surface area contributed by atoms with Gasteiger partial charge in [0.25, 0.3) is 5.91 Å². The second-order valence-electron chi connectivity index (χ2n) is 6.99. The lowest BCUT2D eigenvalue weighted by molar-refractivity contribution is -0.145. The summed E-state index contributed by atoms with van der Waals surface area (Å²) in [5, 5.41) is 2.68. The molecule has 7 nitrogen and oxygen atoms in total. The molecule has 1 aromatic carbocycles. The molecule has 2 heterocycles. The Kier molecular flexibility index (Phi) is 5.12. The predicted octanol–water partition coefficient (Wildman–Crippen LogP) is 2.53. The quantitative estimate of drug-likeness (QED) is 0.656. The van der Waals surface area contributed by atoms with Crippen molar-refractivity contribution < 1.29 is 27.5 Å². The van der Waals surface area contributed by atoms with Crippen LogP contribution < -0.4 is 5.32 Å². The first-order valence-corrected chi connectivity index (χ1v) is 9.16. The minimum absolute atomic E-state index is 0.162. The van der Waals surface area contributed by atoms with Crippen molar-refractivity contribution in [1.29, 1.82) is 0 Å². The maximum absolute atomic E-state index is 12.9. The molecular formula is C20H17F3N4O3. The largest absolute Gasteiger partial charge is 0.451 e. The molecule has 1 fully saturated rings. The van der Waals surface area contributed by atoms with Crippen LogP contribution in [0.1, 0.15) is 21.9 Å². The van der Waals surface area contributed by atoms with E-state index in [1.165, 1.54) is 6.07 Å². The van der Waals surface area contributed by atoms with Gasteiger partial charge in [0.2, 0.25) is 11.6 Å². The summed E-state index contributed by atoms with van der Waals surface area (Å²) in [7, 11) is 0. The molecule has 1 amide bonds. The summed E-state index contributed by atoms with van der Waals surface area (Å²) < 4.78 is 43.9. The highest BCUT2D eigenvalue weighted by atomic mass is 19.4. The third-order valence-electron chi connectivity index (χ3n) is 4.91. The van der Waals surface area contributed by atoms with E-state index < -0.39 is 23.7 Å². The molecule has 1 N–H and O–H groups in total. The van der Waals surface area contributed by atoms with Gasteiger partial charge in [-0.2, -0.15) is 13.2 Å². The highest BCUT2D eigenvalue weighted by Gasteiger charge is 2.38. The zero-order valence-electron chi connectivity index (χ0n) is 15.8. The number of nitrogens with zero attached hydrogens (tertiary/aromatic N) is 3. The number of nitrogens with one attached hydrogen (secondary N) is 1. The Bertz CT molecular complexity index is 1050. The van der Waals surface area contributed by atoms with Crippen LogP contribution in [0.5, 0.6) is 0 Å². The Labute approximate surface area is 169 Å². The second-order valence-corrected chi connectivity index (χ2v) is 6.99. The molecule has 156 valence electrons. The van der Waals surface area contributed by atoms with Crippen molar-refractivity contribution in [2.75, 3.05) is 38.2 Å². The zero-order valence-corrected chi connectivity index (χ0v) is 15.8. The van der Waals surface area contributed by atoms with Crippen molar-refractivity contribution >= 4 is 17.4 Å². The normalized spacial score (nSPS) is 16.2. The van der Waals surface area contributed by atoms with Gasteiger partial charge in [-0.05, 0) is 17.7 Å². The minimum atomic E-state index is -4.75. The van der Waals surface area contributed by atoms with Gasteiger partial charge in [-0.1, -0.05) is 12.6 Å². The van der Waals surface area contributed by atoms with Gasteiger partial charge in [0.05, 0.1) is 13.2 Å². The molecule has 1 saturated heterocycles. The van der Waals surface area contributed by atoms with Crippen LogP contribution in [-0.2, 0) is 15.7 Å². The van der Waals surface area contributed by atoms with E-state index in [0.29, 0.717) is 49.7 Å². The topological polar surface area (TPSA) is 84.4 Å². The number of hydrogen-bond donors (Lipinski definition) is 1. The molecule has 0 saturated carbocycles. The van der Waals surface area contributed by atoms with E-state index >= 15 is 0 Å². The smallest absolute Gasteiger partial charge is 0.379 e. The summed E-state index contributed by atoms with van der Waals surface area (Å²) in [6, 6.07) is 4.54. The average molecular weight is 418 g/mol. The lowest BCUT2D eigenvalue weighted by Crippen LogP contribution is -2.38. The number of carbonyl (C=O) groups excluding carboxylic acids is 2. The number of morpholine rings is 1. The number of amides is 1. The summed E-state index contributed by atoms with van der Waals surface area (Å²) in [5.41, 5.74) is 1.22. The molecule has 1 aliphatic carbocycles. The number of ketones is 1. The number of rotatable bonds is 4. The molecular weight excluding hydrogens is 401 g/mol. The average Bonchev–Trinajstić information content (AvgIpc) is 2.99. The Hall–Kier alpha value is -3.11. The van der Waals surface area contributed by atoms with Gasteiger partial charge in [-0.25, -0.2) is 9.97 Å². The van der Waals surface area contributed by atoms with Crippen LogP contribution in [0.4, 0.5) is 18.9 Å². The highest BCUT2D eigenvalue weighted by Crippen LogP contribution is 2.38. The minimum Gasteiger partial charge on any atom is -0.379 e. The van der Waals surface area contributed by atoms with Crippen molar-refractivity contribution in [3.63, 3.8) is 0 Å². The van der Waals surface area contributed by atoms with Crippen molar-refractivity contribution in [1.82, 2.24) is 14.9 Å². The number of carbonyl (C=O) groups is 2. The summed E-state index contributed by atoms with van der Waals surface area (Å²) in [6.45, 7) is 6.81. The Morgan fingerprint density at radius 1 is 1.20 bits per heavy atom. The van der Waals surface area contributed by atoms with Crippen LogP contribution in [0.3, 0.4) is 0 Å². The Morgan fingerprint density at radius 2 is 1.93 bits per heavy atom. The molecule has 0 unspecified atom stereocenters. The number of benzene rings is 1. The van der Waals surface area contributed by atoms with Crippen LogP contribution in [0.15, 0.2) is 36.5 Å². The van der Waals surface area contributed by atoms with Gasteiger partial charge in [-0.15, -0.1) is 0 Å². The number of alkyl halides is 3. The summed E-state index contributed by atoms with van der Waals surface area (Å²) in [5.74, 6) is -2.41. The van der Waals surface area contributed by atoms with E-state index in [2.05, 4.69) is 21.9 Å². The molecule has 10 heteroatoms. The van der Waals surface area contributed by atoms with Crippen molar-refractivity contribution in [2.24, 2.45) is 0 Å². The van der Waals surface area contributed by atoms with Crippen LogP contribution in [0, 0.1) is 0 Å². The summed E-state index contributed by atoms with van der Waals surface area (Å²) in [6.07, 6.45) is -3.75. The van der Waals surface area contributed by atoms with Crippen molar-refractivity contribution in [3.8, 4) is 11.1 Å². The van der Waals surface area contributed by atoms with E-state index in [-0.39, 0.29) is 16.8 Å². The van der Waals surface area contributed by atoms with E-state index in [0.717, 1.165) is 6.20 Å². The number of hydrogen-bond acceptors (Lipinski definition) is 6. The fourth-order valence-corrected chi connectivity index (χ4v) is 3.38. The van der Waals surface area contributed by atoms with Gasteiger partial charge in [0.1, 0.15) is 5.69 Å². The van der Waals surface area contributed by atoms with Gasteiger partial charge in [-0.3, -0.25) is 14.5 Å². The third-order valence-corrected chi connectivity index (χ3v) is 4.91. The first-order chi connectivity index (χ1) is 14.2. The van der Waals surface area contributed by atoms with E-state index in [9.17, 15) is 22.8 Å². The van der Waals surface area contributed by atoms with E-state index in [1.807, 2.05) is 4.90 Å². The van der Waals surface area contributed by atoms with Crippen molar-refractivity contribution in [2.45, 2.75) is 6.18 Å². The monoisotopic (exact) mass is 418 g/mol. The van der Waals surface area contributed by atoms with Gasteiger partial charge in [0, 0.05) is 48.2 Å². The molecule has 30 heavy (non-hydrogen) atoms. The van der Waals surface area contributed by atoms with Crippen LogP contribution in [-0.4, -0.2) is 59.4 Å². The molecule has 1 aliphatic heterocycles. The molecule has 2 aliphatic rings. The number of aromatic nitrogens is 2. The lowest BCUT2D eigenvalue weighted by Gasteiger charge is -2.26. The predicted molar refractivity (Wildman–Crippen MR) is 101 cm³/mol. The van der Waals surface area contributed by atoms with Gasteiger partial charge >= 0.3 is 6.18 Å². The lowest BCUT2D eigenvalue weighted by atomic mass is 10.1. The SMILES string of the molecule is C=C(CN1CCOCC1)C(=O)Nc1ccc2c(c1)C(=O)c1nc(C(F)(F)F)ncc1-2. The molecule has 0 atom stereocenters. The number of halogens is 3. The number of fused-ring (bicyclic) bond motifs is 3. The Morgan fingerprint density at radius 3 is 2.63 bits per heavy atom. The zero-order chi connectivity index (χ0) is 21.5. The standard InChI is InChI=1S/C20H17F3N4O3/c1-11(10-27-4-6-30-7-5-27)18(29)25-12-2-3-13-14(8-12)17(28)16-15(13)9-24-19(26-16)20(21,22)23/h2-3,8-9H,1,4-7,10H2,(H,25,29). The first kappa shape index (κ1) is 20.2. The van der Waals surface area contributed by atoms with E-state index in [1.54, 1.807) is 12.1 Å². The van der Waals surface area contributed by atoms with Crippen molar-refractivity contribution in [3.05, 3.63) is 53.6 Å². The first-order valence-electron chi connectivity index (χ1n) is 9.16. The van der Waals surface area contributed by atoms with Gasteiger partial charge in [0.15, 0.2) is 0 Å². The number of anilines is 1. The fraction of sp³-hybridized carbons (Fsp3) is 0.300. The van der Waals surface area contributed by atoms with Crippen LogP contribution in [0.25, 0.3) is 11.1 Å². The third kappa shape index (κ3) is 3.83. The molecule has 1 aromatic heterocycles. The fourth-order valence-electron chi connectivity index (χ4n) is 3.38. The molecule has 0 radical (unpaired) electrons. The second kappa shape index (κ2) is 7.62. The summed E-state index contributed by atoms with van der Waals surface area (Å²) in [4.78, 5) is 33.8. The molecule has 0 spiro atoms. The summed E-state index contributed by atoms with van der Waals surface area (Å²) >= 11 is 0. The highest BCUT2D eigenvalue weighted by molar-refractivity contribution is 6.21. The van der Waals surface area contributed by atoms with Gasteiger partial charge < -0.3 is 10.1 Å². The number of ether oxygens (including phenoxy) is 1. The maximum Gasteiger partial charge on any atom is 0.451 e. The molecule has 4 rings (SSSR count). The molecule has 2 aromatic rings.